The Bertz CT molecular complexity index is 898. The molecule has 0 atom stereocenters. The standard InChI is InChI=1S/C17H13N3O4S/c21-17(10-15-2-1-9-25-15)19-18-11-14-7-8-16(24-14)12-3-5-13(6-4-12)20(22)23/h1-9,11H,10H2,(H,19,21)/b18-11-. The van der Waals surface area contributed by atoms with Gasteiger partial charge in [-0.15, -0.1) is 11.3 Å². The smallest absolute Gasteiger partial charge is 0.269 e. The molecule has 25 heavy (non-hydrogen) atoms. The largest absolute Gasteiger partial charge is 0.455 e. The number of thiophene rings is 1. The second kappa shape index (κ2) is 7.54. The molecule has 0 fully saturated rings. The zero-order valence-electron chi connectivity index (χ0n) is 12.9. The Morgan fingerprint density at radius 2 is 2.04 bits per heavy atom. The Kier molecular flexibility index (Phi) is 5.00. The first-order chi connectivity index (χ1) is 12.1. The highest BCUT2D eigenvalue weighted by Gasteiger charge is 2.08. The third-order valence-electron chi connectivity index (χ3n) is 3.29. The monoisotopic (exact) mass is 355 g/mol. The Balaban J connectivity index is 1.59. The topological polar surface area (TPSA) is 97.7 Å². The summed E-state index contributed by atoms with van der Waals surface area (Å²) in [6.45, 7) is 0. The van der Waals surface area contributed by atoms with Crippen molar-refractivity contribution in [3.05, 3.63) is 74.7 Å². The molecule has 8 heteroatoms. The number of hydrogen-bond acceptors (Lipinski definition) is 6. The molecular weight excluding hydrogens is 342 g/mol. The van der Waals surface area contributed by atoms with E-state index in [1.54, 1.807) is 24.3 Å². The summed E-state index contributed by atoms with van der Waals surface area (Å²) >= 11 is 1.51. The van der Waals surface area contributed by atoms with E-state index in [9.17, 15) is 14.9 Å². The fraction of sp³-hybridized carbons (Fsp3) is 0.0588. The minimum absolute atomic E-state index is 0.0190. The van der Waals surface area contributed by atoms with Gasteiger partial charge >= 0.3 is 0 Å². The van der Waals surface area contributed by atoms with Crippen LogP contribution >= 0.6 is 11.3 Å². The molecule has 0 saturated heterocycles. The van der Waals surface area contributed by atoms with Gasteiger partial charge in [-0.05, 0) is 35.7 Å². The maximum Gasteiger partial charge on any atom is 0.269 e. The van der Waals surface area contributed by atoms with Gasteiger partial charge in [-0.3, -0.25) is 14.9 Å². The highest BCUT2D eigenvalue weighted by Crippen LogP contribution is 2.23. The summed E-state index contributed by atoms with van der Waals surface area (Å²) in [7, 11) is 0. The number of amides is 1. The molecule has 0 bridgehead atoms. The van der Waals surface area contributed by atoms with E-state index >= 15 is 0 Å². The van der Waals surface area contributed by atoms with Crippen molar-refractivity contribution >= 4 is 29.1 Å². The Morgan fingerprint density at radius 3 is 2.72 bits per heavy atom. The number of nitro groups is 1. The lowest BCUT2D eigenvalue weighted by molar-refractivity contribution is -0.384. The summed E-state index contributed by atoms with van der Waals surface area (Å²) in [6.07, 6.45) is 1.68. The van der Waals surface area contributed by atoms with Crippen LogP contribution in [0.15, 0.2) is 63.4 Å². The van der Waals surface area contributed by atoms with Crippen molar-refractivity contribution < 1.29 is 14.1 Å². The van der Waals surface area contributed by atoms with Gasteiger partial charge in [0, 0.05) is 22.6 Å². The molecule has 0 aliphatic carbocycles. The van der Waals surface area contributed by atoms with Crippen molar-refractivity contribution in [1.82, 2.24) is 5.43 Å². The Hall–Kier alpha value is -3.26. The molecule has 7 nitrogen and oxygen atoms in total. The summed E-state index contributed by atoms with van der Waals surface area (Å²) in [4.78, 5) is 22.9. The zero-order valence-corrected chi connectivity index (χ0v) is 13.7. The third kappa shape index (κ3) is 4.39. The SMILES string of the molecule is O=C(Cc1cccs1)N/N=C\c1ccc(-c2ccc([N+](=O)[O-])cc2)o1. The molecule has 126 valence electrons. The van der Waals surface area contributed by atoms with Gasteiger partial charge in [0.25, 0.3) is 5.69 Å². The summed E-state index contributed by atoms with van der Waals surface area (Å²) in [5, 5.41) is 16.4. The van der Waals surface area contributed by atoms with Crippen LogP contribution in [0.5, 0.6) is 0 Å². The van der Waals surface area contributed by atoms with E-state index in [0.717, 1.165) is 4.88 Å². The molecule has 3 rings (SSSR count). The summed E-state index contributed by atoms with van der Waals surface area (Å²) in [6, 6.07) is 13.3. The normalized spacial score (nSPS) is 10.9. The van der Waals surface area contributed by atoms with Crippen molar-refractivity contribution in [2.45, 2.75) is 6.42 Å². The molecule has 3 aromatic rings. The van der Waals surface area contributed by atoms with Gasteiger partial charge in [-0.2, -0.15) is 5.10 Å². The fourth-order valence-corrected chi connectivity index (χ4v) is 2.81. The number of benzene rings is 1. The van der Waals surface area contributed by atoms with Gasteiger partial charge in [0.1, 0.15) is 11.5 Å². The molecule has 2 aromatic heterocycles. The molecule has 2 heterocycles. The molecule has 0 aliphatic rings. The zero-order chi connectivity index (χ0) is 17.6. The lowest BCUT2D eigenvalue weighted by Crippen LogP contribution is -2.19. The molecule has 1 N–H and O–H groups in total. The summed E-state index contributed by atoms with van der Waals surface area (Å²) < 4.78 is 5.59. The van der Waals surface area contributed by atoms with Gasteiger partial charge in [-0.1, -0.05) is 6.07 Å². The second-order valence-electron chi connectivity index (χ2n) is 5.06. The van der Waals surface area contributed by atoms with Crippen LogP contribution in [0.2, 0.25) is 0 Å². The predicted octanol–water partition coefficient (Wildman–Crippen LogP) is 3.61. The fourth-order valence-electron chi connectivity index (χ4n) is 2.10. The van der Waals surface area contributed by atoms with Gasteiger partial charge in [-0.25, -0.2) is 5.43 Å². The average molecular weight is 355 g/mol. The number of nitro benzene ring substituents is 1. The van der Waals surface area contributed by atoms with Gasteiger partial charge in [0.2, 0.25) is 5.91 Å². The number of carbonyl (C=O) groups is 1. The highest BCUT2D eigenvalue weighted by atomic mass is 32.1. The first-order valence-electron chi connectivity index (χ1n) is 7.31. The molecule has 0 spiro atoms. The van der Waals surface area contributed by atoms with Crippen LogP contribution < -0.4 is 5.43 Å². The van der Waals surface area contributed by atoms with Crippen LogP contribution in [-0.2, 0) is 11.2 Å². The molecule has 1 amide bonds. The van der Waals surface area contributed by atoms with Crippen LogP contribution in [0.3, 0.4) is 0 Å². The third-order valence-corrected chi connectivity index (χ3v) is 4.16. The lowest BCUT2D eigenvalue weighted by Gasteiger charge is -1.97. The number of hydrogen-bond donors (Lipinski definition) is 1. The quantitative estimate of drug-likeness (QED) is 0.415. The number of nitrogens with one attached hydrogen (secondary N) is 1. The minimum atomic E-state index is -0.455. The number of hydrazone groups is 1. The summed E-state index contributed by atoms with van der Waals surface area (Å²) in [5.74, 6) is 0.812. The van der Waals surface area contributed by atoms with Gasteiger partial charge in [0.15, 0.2) is 0 Å². The predicted molar refractivity (Wildman–Crippen MR) is 94.6 cm³/mol. The van der Waals surface area contributed by atoms with E-state index in [4.69, 9.17) is 4.42 Å². The first-order valence-corrected chi connectivity index (χ1v) is 8.19. The van der Waals surface area contributed by atoms with E-state index in [1.165, 1.54) is 29.7 Å². The van der Waals surface area contributed by atoms with E-state index < -0.39 is 4.92 Å². The van der Waals surface area contributed by atoms with E-state index in [0.29, 0.717) is 17.1 Å². The molecule has 1 aromatic carbocycles. The van der Waals surface area contributed by atoms with E-state index in [1.807, 2.05) is 17.5 Å². The Labute approximate surface area is 146 Å². The molecule has 0 saturated carbocycles. The number of carbonyl (C=O) groups excluding carboxylic acids is 1. The number of non-ortho nitro benzene ring substituents is 1. The van der Waals surface area contributed by atoms with E-state index in [2.05, 4.69) is 10.5 Å². The lowest BCUT2D eigenvalue weighted by atomic mass is 10.1. The van der Waals surface area contributed by atoms with Crippen molar-refractivity contribution in [3.63, 3.8) is 0 Å². The van der Waals surface area contributed by atoms with Gasteiger partial charge < -0.3 is 4.42 Å². The van der Waals surface area contributed by atoms with Crippen LogP contribution in [-0.4, -0.2) is 17.0 Å². The first kappa shape index (κ1) is 16.6. The molecule has 0 unspecified atom stereocenters. The molecule has 0 radical (unpaired) electrons. The van der Waals surface area contributed by atoms with Crippen LogP contribution in [0, 0.1) is 10.1 Å². The highest BCUT2D eigenvalue weighted by molar-refractivity contribution is 7.10. The van der Waals surface area contributed by atoms with E-state index in [-0.39, 0.29) is 18.0 Å². The Morgan fingerprint density at radius 1 is 1.24 bits per heavy atom. The minimum Gasteiger partial charge on any atom is -0.455 e. The maximum atomic E-state index is 11.7. The van der Waals surface area contributed by atoms with Crippen molar-refractivity contribution in [1.29, 1.82) is 0 Å². The van der Waals surface area contributed by atoms with Gasteiger partial charge in [0.05, 0.1) is 17.6 Å². The second-order valence-corrected chi connectivity index (χ2v) is 6.09. The van der Waals surface area contributed by atoms with Crippen LogP contribution in [0.25, 0.3) is 11.3 Å². The maximum absolute atomic E-state index is 11.7. The van der Waals surface area contributed by atoms with Crippen LogP contribution in [0.1, 0.15) is 10.6 Å². The van der Waals surface area contributed by atoms with Crippen LogP contribution in [0.4, 0.5) is 5.69 Å². The molecule has 0 aliphatic heterocycles. The van der Waals surface area contributed by atoms with Crippen molar-refractivity contribution in [2.75, 3.05) is 0 Å². The van der Waals surface area contributed by atoms with Crippen molar-refractivity contribution in [2.24, 2.45) is 5.10 Å². The molecular formula is C17H13N3O4S. The summed E-state index contributed by atoms with van der Waals surface area (Å²) in [5.41, 5.74) is 3.17. The number of nitrogens with zero attached hydrogens (tertiary/aromatic N) is 2. The van der Waals surface area contributed by atoms with Crippen molar-refractivity contribution in [3.8, 4) is 11.3 Å². The number of furan rings is 1. The average Bonchev–Trinajstić information content (AvgIpc) is 3.27. The number of rotatable bonds is 6.